The molecular formula is C12H27NO2. The first-order chi connectivity index (χ1) is 6.83. The van der Waals surface area contributed by atoms with Gasteiger partial charge in [-0.3, -0.25) is 0 Å². The highest BCUT2D eigenvalue weighted by Gasteiger charge is 2.26. The van der Waals surface area contributed by atoms with E-state index in [1.807, 2.05) is 0 Å². The molecule has 0 radical (unpaired) electrons. The third-order valence-corrected chi connectivity index (χ3v) is 2.60. The molecule has 0 aromatic rings. The van der Waals surface area contributed by atoms with Gasteiger partial charge in [-0.05, 0) is 53.4 Å². The molecule has 0 saturated heterocycles. The first kappa shape index (κ1) is 14.9. The van der Waals surface area contributed by atoms with E-state index >= 15 is 0 Å². The smallest absolute Gasteiger partial charge is 0.0431 e. The minimum Gasteiger partial charge on any atom is -0.396 e. The van der Waals surface area contributed by atoms with E-state index in [1.165, 1.54) is 0 Å². The van der Waals surface area contributed by atoms with Crippen molar-refractivity contribution in [2.75, 3.05) is 13.2 Å². The molecule has 0 aromatic carbocycles. The minimum absolute atomic E-state index is 0.0433. The molecular weight excluding hydrogens is 190 g/mol. The van der Waals surface area contributed by atoms with Gasteiger partial charge in [0.15, 0.2) is 0 Å². The van der Waals surface area contributed by atoms with E-state index < -0.39 is 0 Å². The number of aliphatic hydroxyl groups is 2. The quantitative estimate of drug-likeness (QED) is 0.580. The molecule has 3 heteroatoms. The van der Waals surface area contributed by atoms with Gasteiger partial charge in [0.2, 0.25) is 0 Å². The third-order valence-electron chi connectivity index (χ3n) is 2.60. The van der Waals surface area contributed by atoms with Crippen molar-refractivity contribution < 1.29 is 10.2 Å². The maximum Gasteiger partial charge on any atom is 0.0431 e. The molecule has 92 valence electrons. The zero-order valence-corrected chi connectivity index (χ0v) is 10.6. The summed E-state index contributed by atoms with van der Waals surface area (Å²) in [5.74, 6) is 0. The van der Waals surface area contributed by atoms with Crippen molar-refractivity contribution in [3.8, 4) is 0 Å². The maximum atomic E-state index is 8.81. The van der Waals surface area contributed by atoms with Crippen molar-refractivity contribution in [2.24, 2.45) is 0 Å². The standard InChI is InChI=1S/C12H27NO2/c1-11(2,7-5-9-14)13-12(3,4)8-6-10-15/h13-15H,5-10H2,1-4H3. The second-order valence-electron chi connectivity index (χ2n) is 5.55. The summed E-state index contributed by atoms with van der Waals surface area (Å²) in [6.07, 6.45) is 3.59. The lowest BCUT2D eigenvalue weighted by atomic mass is 9.90. The Morgan fingerprint density at radius 1 is 0.800 bits per heavy atom. The molecule has 0 aromatic heterocycles. The van der Waals surface area contributed by atoms with E-state index in [9.17, 15) is 0 Å². The van der Waals surface area contributed by atoms with Gasteiger partial charge in [-0.1, -0.05) is 0 Å². The van der Waals surface area contributed by atoms with Crippen LogP contribution in [0.2, 0.25) is 0 Å². The molecule has 0 aliphatic rings. The molecule has 0 amide bonds. The molecule has 0 bridgehead atoms. The van der Waals surface area contributed by atoms with Crippen LogP contribution in [-0.2, 0) is 0 Å². The number of rotatable bonds is 8. The fraction of sp³-hybridized carbons (Fsp3) is 1.00. The lowest BCUT2D eigenvalue weighted by Crippen LogP contribution is -2.52. The molecule has 0 fully saturated rings. The average molecular weight is 217 g/mol. The number of hydrogen-bond acceptors (Lipinski definition) is 3. The molecule has 0 spiro atoms. The van der Waals surface area contributed by atoms with Crippen LogP contribution in [0.4, 0.5) is 0 Å². The van der Waals surface area contributed by atoms with Crippen LogP contribution in [0.15, 0.2) is 0 Å². The van der Waals surface area contributed by atoms with Crippen molar-refractivity contribution in [2.45, 2.75) is 64.5 Å². The predicted molar refractivity (Wildman–Crippen MR) is 63.9 cm³/mol. The maximum absolute atomic E-state index is 8.81. The van der Waals surface area contributed by atoms with E-state index in [0.29, 0.717) is 0 Å². The summed E-state index contributed by atoms with van der Waals surface area (Å²) < 4.78 is 0. The molecule has 0 rings (SSSR count). The molecule has 0 saturated carbocycles. The van der Waals surface area contributed by atoms with Crippen LogP contribution in [0.5, 0.6) is 0 Å². The monoisotopic (exact) mass is 217 g/mol. The van der Waals surface area contributed by atoms with Gasteiger partial charge in [-0.15, -0.1) is 0 Å². The summed E-state index contributed by atoms with van der Waals surface area (Å²) in [5, 5.41) is 21.2. The SMILES string of the molecule is CC(C)(CCCO)NC(C)(C)CCCO. The van der Waals surface area contributed by atoms with Gasteiger partial charge in [-0.25, -0.2) is 0 Å². The van der Waals surface area contributed by atoms with Crippen LogP contribution in [-0.4, -0.2) is 34.5 Å². The molecule has 0 heterocycles. The summed E-state index contributed by atoms with van der Waals surface area (Å²) in [4.78, 5) is 0. The number of nitrogens with one attached hydrogen (secondary N) is 1. The Kier molecular flexibility index (Phi) is 6.41. The second-order valence-corrected chi connectivity index (χ2v) is 5.55. The van der Waals surface area contributed by atoms with Gasteiger partial charge in [0.25, 0.3) is 0 Å². The zero-order chi connectivity index (χ0) is 11.9. The molecule has 0 atom stereocenters. The highest BCUT2D eigenvalue weighted by Crippen LogP contribution is 2.19. The lowest BCUT2D eigenvalue weighted by molar-refractivity contribution is 0.197. The topological polar surface area (TPSA) is 52.5 Å². The fourth-order valence-corrected chi connectivity index (χ4v) is 2.08. The fourth-order valence-electron chi connectivity index (χ4n) is 2.08. The van der Waals surface area contributed by atoms with Crippen molar-refractivity contribution >= 4 is 0 Å². The van der Waals surface area contributed by atoms with Crippen LogP contribution in [0, 0.1) is 0 Å². The van der Waals surface area contributed by atoms with Crippen molar-refractivity contribution in [1.29, 1.82) is 0 Å². The summed E-state index contributed by atoms with van der Waals surface area (Å²) in [7, 11) is 0. The Morgan fingerprint density at radius 3 is 1.40 bits per heavy atom. The first-order valence-corrected chi connectivity index (χ1v) is 5.84. The van der Waals surface area contributed by atoms with Crippen LogP contribution in [0.25, 0.3) is 0 Å². The average Bonchev–Trinajstić information content (AvgIpc) is 2.10. The van der Waals surface area contributed by atoms with Gasteiger partial charge in [0.1, 0.15) is 0 Å². The molecule has 0 unspecified atom stereocenters. The number of hydrogen-bond donors (Lipinski definition) is 3. The van der Waals surface area contributed by atoms with E-state index in [2.05, 4.69) is 33.0 Å². The Bertz CT molecular complexity index is 149. The normalized spacial score (nSPS) is 13.2. The Hall–Kier alpha value is -0.120. The Morgan fingerprint density at radius 2 is 1.13 bits per heavy atom. The first-order valence-electron chi connectivity index (χ1n) is 5.84. The van der Waals surface area contributed by atoms with E-state index in [0.717, 1.165) is 25.7 Å². The highest BCUT2D eigenvalue weighted by molar-refractivity contribution is 4.88. The predicted octanol–water partition coefficient (Wildman–Crippen LogP) is 1.68. The minimum atomic E-state index is 0.0433. The summed E-state index contributed by atoms with van der Waals surface area (Å²) in [6, 6.07) is 0. The van der Waals surface area contributed by atoms with Crippen LogP contribution in [0.3, 0.4) is 0 Å². The van der Waals surface area contributed by atoms with Crippen LogP contribution < -0.4 is 5.32 Å². The van der Waals surface area contributed by atoms with Gasteiger partial charge < -0.3 is 15.5 Å². The van der Waals surface area contributed by atoms with Gasteiger partial charge in [-0.2, -0.15) is 0 Å². The van der Waals surface area contributed by atoms with Crippen molar-refractivity contribution in [1.82, 2.24) is 5.32 Å². The summed E-state index contributed by atoms with van der Waals surface area (Å²) in [6.45, 7) is 9.13. The van der Waals surface area contributed by atoms with Crippen LogP contribution in [0.1, 0.15) is 53.4 Å². The van der Waals surface area contributed by atoms with E-state index in [4.69, 9.17) is 10.2 Å². The van der Waals surface area contributed by atoms with Gasteiger partial charge >= 0.3 is 0 Å². The lowest BCUT2D eigenvalue weighted by Gasteiger charge is -2.37. The van der Waals surface area contributed by atoms with E-state index in [-0.39, 0.29) is 24.3 Å². The second kappa shape index (κ2) is 6.46. The molecule has 3 N–H and O–H groups in total. The zero-order valence-electron chi connectivity index (χ0n) is 10.6. The molecule has 0 aliphatic carbocycles. The summed E-state index contributed by atoms with van der Waals surface area (Å²) in [5.41, 5.74) is 0.0867. The van der Waals surface area contributed by atoms with Crippen molar-refractivity contribution in [3.63, 3.8) is 0 Å². The van der Waals surface area contributed by atoms with Gasteiger partial charge in [0.05, 0.1) is 0 Å². The van der Waals surface area contributed by atoms with E-state index in [1.54, 1.807) is 0 Å². The molecule has 0 aliphatic heterocycles. The van der Waals surface area contributed by atoms with Gasteiger partial charge in [0, 0.05) is 24.3 Å². The largest absolute Gasteiger partial charge is 0.396 e. The summed E-state index contributed by atoms with van der Waals surface area (Å²) >= 11 is 0. The Balaban J connectivity index is 4.04. The van der Waals surface area contributed by atoms with Crippen molar-refractivity contribution in [3.05, 3.63) is 0 Å². The number of aliphatic hydroxyl groups excluding tert-OH is 2. The molecule has 3 nitrogen and oxygen atoms in total. The van der Waals surface area contributed by atoms with Crippen LogP contribution >= 0.6 is 0 Å². The third kappa shape index (κ3) is 7.77. The molecule has 15 heavy (non-hydrogen) atoms. The Labute approximate surface area is 93.9 Å². The highest BCUT2D eigenvalue weighted by atomic mass is 16.3.